The van der Waals surface area contributed by atoms with Crippen LogP contribution in [-0.4, -0.2) is 29.8 Å². The van der Waals surface area contributed by atoms with E-state index < -0.39 is 24.7 Å². The third-order valence-corrected chi connectivity index (χ3v) is 2.91. The number of alkyl halides is 3. The first-order valence-corrected chi connectivity index (χ1v) is 6.66. The third-order valence-electron chi connectivity index (χ3n) is 2.91. The largest absolute Gasteiger partial charge is 0.445 e. The van der Waals surface area contributed by atoms with Crippen molar-refractivity contribution < 1.29 is 22.7 Å². The Morgan fingerprint density at radius 1 is 1.23 bits per heavy atom. The van der Waals surface area contributed by atoms with E-state index in [2.05, 4.69) is 13.2 Å². The molecule has 1 unspecified atom stereocenters. The van der Waals surface area contributed by atoms with Gasteiger partial charge in [-0.3, -0.25) is 4.90 Å². The van der Waals surface area contributed by atoms with E-state index >= 15 is 0 Å². The first kappa shape index (κ1) is 17.8. The molecule has 1 amide bonds. The minimum absolute atomic E-state index is 0.0913. The van der Waals surface area contributed by atoms with Crippen LogP contribution in [0.15, 0.2) is 55.6 Å². The number of rotatable bonds is 7. The normalized spacial score (nSPS) is 12.3. The number of halogens is 3. The van der Waals surface area contributed by atoms with Crippen molar-refractivity contribution in [3.63, 3.8) is 0 Å². The van der Waals surface area contributed by atoms with Gasteiger partial charge >= 0.3 is 12.3 Å². The van der Waals surface area contributed by atoms with Gasteiger partial charge in [0.25, 0.3) is 0 Å². The molecule has 0 radical (unpaired) electrons. The van der Waals surface area contributed by atoms with Gasteiger partial charge in [-0.05, 0) is 12.0 Å². The molecule has 0 aliphatic rings. The van der Waals surface area contributed by atoms with E-state index in [1.54, 1.807) is 30.3 Å². The molecule has 0 aromatic heterocycles. The van der Waals surface area contributed by atoms with Crippen molar-refractivity contribution in [1.82, 2.24) is 4.90 Å². The Kier molecular flexibility index (Phi) is 6.69. The Balaban J connectivity index is 2.81. The lowest BCUT2D eigenvalue weighted by atomic mass is 10.1. The molecule has 3 nitrogen and oxygen atoms in total. The van der Waals surface area contributed by atoms with Gasteiger partial charge in [0.1, 0.15) is 12.6 Å². The highest BCUT2D eigenvalue weighted by Gasteiger charge is 2.44. The van der Waals surface area contributed by atoms with Gasteiger partial charge in [-0.15, -0.1) is 13.2 Å². The van der Waals surface area contributed by atoms with E-state index in [1.165, 1.54) is 6.08 Å². The van der Waals surface area contributed by atoms with Gasteiger partial charge in [0, 0.05) is 6.54 Å². The van der Waals surface area contributed by atoms with Gasteiger partial charge in [-0.2, -0.15) is 13.2 Å². The standard InChI is InChI=1S/C16H18F3NO2/c1-3-8-14(16(17,18)19)20(11-4-2)15(21)22-12-13-9-6-5-7-10-13/h3-7,9-10,14H,1-2,8,11-12H2. The van der Waals surface area contributed by atoms with Crippen LogP contribution in [0.4, 0.5) is 18.0 Å². The van der Waals surface area contributed by atoms with Crippen LogP contribution in [0.3, 0.4) is 0 Å². The number of hydrogen-bond donors (Lipinski definition) is 0. The quantitative estimate of drug-likeness (QED) is 0.702. The number of hydrogen-bond acceptors (Lipinski definition) is 2. The van der Waals surface area contributed by atoms with Gasteiger partial charge in [0.05, 0.1) is 0 Å². The number of carbonyl (C=O) groups is 1. The molecule has 0 spiro atoms. The summed E-state index contributed by atoms with van der Waals surface area (Å²) < 4.78 is 44.2. The van der Waals surface area contributed by atoms with Crippen LogP contribution in [0, 0.1) is 0 Å². The van der Waals surface area contributed by atoms with Crippen LogP contribution in [0.25, 0.3) is 0 Å². The van der Waals surface area contributed by atoms with Crippen LogP contribution < -0.4 is 0 Å². The first-order chi connectivity index (χ1) is 10.4. The van der Waals surface area contributed by atoms with Crippen molar-refractivity contribution in [2.45, 2.75) is 25.2 Å². The molecular formula is C16H18F3NO2. The monoisotopic (exact) mass is 313 g/mol. The number of nitrogens with zero attached hydrogens (tertiary/aromatic N) is 1. The summed E-state index contributed by atoms with van der Waals surface area (Å²) in [7, 11) is 0. The lowest BCUT2D eigenvalue weighted by molar-refractivity contribution is -0.177. The minimum Gasteiger partial charge on any atom is -0.445 e. The zero-order valence-corrected chi connectivity index (χ0v) is 12.1. The Hall–Kier alpha value is -2.24. The molecule has 6 heteroatoms. The Morgan fingerprint density at radius 3 is 2.36 bits per heavy atom. The van der Waals surface area contributed by atoms with Gasteiger partial charge in [-0.25, -0.2) is 4.79 Å². The zero-order chi connectivity index (χ0) is 16.6. The number of amides is 1. The summed E-state index contributed by atoms with van der Waals surface area (Å²) in [6.45, 7) is 6.34. The Labute approximate surface area is 127 Å². The summed E-state index contributed by atoms with van der Waals surface area (Å²) in [5.41, 5.74) is 0.696. The smallest absolute Gasteiger partial charge is 0.410 e. The van der Waals surface area contributed by atoms with Crippen LogP contribution >= 0.6 is 0 Å². The molecule has 120 valence electrons. The summed E-state index contributed by atoms with van der Waals surface area (Å²) in [5, 5.41) is 0. The van der Waals surface area contributed by atoms with Crippen LogP contribution in [-0.2, 0) is 11.3 Å². The number of benzene rings is 1. The van der Waals surface area contributed by atoms with Crippen molar-refractivity contribution in [1.29, 1.82) is 0 Å². The van der Waals surface area contributed by atoms with E-state index in [1.807, 2.05) is 0 Å². The van der Waals surface area contributed by atoms with E-state index in [-0.39, 0.29) is 13.2 Å². The highest BCUT2D eigenvalue weighted by molar-refractivity contribution is 5.68. The Morgan fingerprint density at radius 2 is 1.86 bits per heavy atom. The fourth-order valence-electron chi connectivity index (χ4n) is 1.87. The summed E-state index contributed by atoms with van der Waals surface area (Å²) in [6, 6.07) is 6.75. The molecule has 0 saturated carbocycles. The molecular weight excluding hydrogens is 295 g/mol. The highest BCUT2D eigenvalue weighted by Crippen LogP contribution is 2.28. The molecule has 1 aromatic carbocycles. The molecule has 0 saturated heterocycles. The second kappa shape index (κ2) is 8.26. The molecule has 0 fully saturated rings. The number of ether oxygens (including phenoxy) is 1. The molecule has 0 heterocycles. The topological polar surface area (TPSA) is 29.5 Å². The molecule has 22 heavy (non-hydrogen) atoms. The molecule has 1 rings (SSSR count). The molecule has 1 atom stereocenters. The number of carbonyl (C=O) groups excluding carboxylic acids is 1. The van der Waals surface area contributed by atoms with Gasteiger partial charge in [-0.1, -0.05) is 42.5 Å². The Bertz CT molecular complexity index is 500. The maximum atomic E-state index is 13.1. The van der Waals surface area contributed by atoms with E-state index in [0.717, 1.165) is 6.08 Å². The van der Waals surface area contributed by atoms with Crippen LogP contribution in [0.2, 0.25) is 0 Å². The van der Waals surface area contributed by atoms with Gasteiger partial charge in [0.15, 0.2) is 0 Å². The predicted molar refractivity (Wildman–Crippen MR) is 78.2 cm³/mol. The van der Waals surface area contributed by atoms with E-state index in [0.29, 0.717) is 10.5 Å². The second-order valence-electron chi connectivity index (χ2n) is 4.56. The maximum Gasteiger partial charge on any atom is 0.410 e. The third kappa shape index (κ3) is 5.27. The predicted octanol–water partition coefficient (Wildman–Crippen LogP) is 4.32. The molecule has 0 N–H and O–H groups in total. The van der Waals surface area contributed by atoms with Crippen LogP contribution in [0.1, 0.15) is 12.0 Å². The van der Waals surface area contributed by atoms with E-state index in [4.69, 9.17) is 4.74 Å². The highest BCUT2D eigenvalue weighted by atomic mass is 19.4. The first-order valence-electron chi connectivity index (χ1n) is 6.66. The van der Waals surface area contributed by atoms with Crippen LogP contribution in [0.5, 0.6) is 0 Å². The van der Waals surface area contributed by atoms with E-state index in [9.17, 15) is 18.0 Å². The lowest BCUT2D eigenvalue weighted by Gasteiger charge is -2.31. The van der Waals surface area contributed by atoms with Gasteiger partial charge in [0.2, 0.25) is 0 Å². The maximum absolute atomic E-state index is 13.1. The average Bonchev–Trinajstić information content (AvgIpc) is 2.48. The molecule has 0 aliphatic carbocycles. The molecule has 1 aromatic rings. The summed E-state index contributed by atoms with van der Waals surface area (Å²) in [6.07, 6.45) is -3.65. The fraction of sp³-hybridized carbons (Fsp3) is 0.312. The second-order valence-corrected chi connectivity index (χ2v) is 4.56. The summed E-state index contributed by atoms with van der Waals surface area (Å²) >= 11 is 0. The minimum atomic E-state index is -4.57. The fourth-order valence-corrected chi connectivity index (χ4v) is 1.87. The van der Waals surface area contributed by atoms with Gasteiger partial charge < -0.3 is 4.74 Å². The lowest BCUT2D eigenvalue weighted by Crippen LogP contribution is -2.48. The zero-order valence-electron chi connectivity index (χ0n) is 12.1. The van der Waals surface area contributed by atoms with Crippen molar-refractivity contribution >= 4 is 6.09 Å². The van der Waals surface area contributed by atoms with Crippen molar-refractivity contribution in [2.75, 3.05) is 6.54 Å². The molecule has 0 bridgehead atoms. The SMILES string of the molecule is C=CCC(N(CC=C)C(=O)OCc1ccccc1)C(F)(F)F. The summed E-state index contributed by atoms with van der Waals surface area (Å²) in [5.74, 6) is 0. The summed E-state index contributed by atoms with van der Waals surface area (Å²) in [4.78, 5) is 12.6. The van der Waals surface area contributed by atoms with Crippen molar-refractivity contribution in [3.05, 3.63) is 61.2 Å². The average molecular weight is 313 g/mol. The van der Waals surface area contributed by atoms with Crippen molar-refractivity contribution in [2.24, 2.45) is 0 Å². The van der Waals surface area contributed by atoms with Crippen molar-refractivity contribution in [3.8, 4) is 0 Å². The molecule has 0 aliphatic heterocycles.